The number of ether oxygens (including phenoxy) is 1. The van der Waals surface area contributed by atoms with Crippen LogP contribution in [0.4, 0.5) is 9.80 Å². The fourth-order valence-electron chi connectivity index (χ4n) is 4.01. The van der Waals surface area contributed by atoms with Crippen LogP contribution in [0, 0.1) is 0 Å². The highest BCUT2D eigenvalue weighted by atomic mass is 32.1. The number of thiophene rings is 1. The number of para-hydroxylation sites is 1. The minimum absolute atomic E-state index is 0.0498. The number of carbonyl (C=O) groups excluding carboxylic acids is 3. The smallest absolute Gasteiger partial charge is 0.409 e. The first-order chi connectivity index (χ1) is 16.4. The van der Waals surface area contributed by atoms with Crippen LogP contribution in [0.1, 0.15) is 38.1 Å². The average molecular weight is 492 g/mol. The van der Waals surface area contributed by atoms with Gasteiger partial charge in [-0.1, -0.05) is 24.3 Å². The number of nitrogens with zero attached hydrogens (tertiary/aromatic N) is 2. The Bertz CT molecular complexity index is 1390. The minimum atomic E-state index is -0.364. The summed E-state index contributed by atoms with van der Waals surface area (Å²) >= 11 is 3.04. The van der Waals surface area contributed by atoms with E-state index in [9.17, 15) is 14.4 Å². The van der Waals surface area contributed by atoms with E-state index < -0.39 is 0 Å². The Hall–Kier alpha value is -3.56. The van der Waals surface area contributed by atoms with E-state index in [0.29, 0.717) is 35.6 Å². The molecular weight excluding hydrogens is 470 g/mol. The average Bonchev–Trinajstić information content (AvgIpc) is 3.43. The second-order valence-electron chi connectivity index (χ2n) is 7.92. The first kappa shape index (κ1) is 22.2. The number of rotatable bonds is 4. The highest BCUT2D eigenvalue weighted by Crippen LogP contribution is 2.45. The van der Waals surface area contributed by atoms with Crippen LogP contribution >= 0.6 is 22.7 Å². The lowest BCUT2D eigenvalue weighted by atomic mass is 10.0. The number of carbonyl (C=O) groups is 3. The topological polar surface area (TPSA) is 88.6 Å². The third-order valence-electron chi connectivity index (χ3n) is 5.78. The number of hydrogen-bond donors (Lipinski definition) is 1. The molecule has 1 aliphatic heterocycles. The molecular formula is C25H21N3O4S2. The number of nitrogens with one attached hydrogen (secondary N) is 1. The van der Waals surface area contributed by atoms with E-state index in [1.54, 1.807) is 40.5 Å². The second kappa shape index (κ2) is 9.00. The molecule has 4 aromatic rings. The molecule has 0 unspecified atom stereocenters. The number of benzene rings is 2. The van der Waals surface area contributed by atoms with E-state index in [-0.39, 0.29) is 17.8 Å². The molecule has 2 aromatic heterocycles. The summed E-state index contributed by atoms with van der Waals surface area (Å²) in [5.41, 5.74) is 3.95. The fraction of sp³-hybridized carbons (Fsp3) is 0.200. The quantitative estimate of drug-likeness (QED) is 0.375. The van der Waals surface area contributed by atoms with Crippen molar-refractivity contribution in [2.45, 2.75) is 19.9 Å². The van der Waals surface area contributed by atoms with Crippen molar-refractivity contribution in [3.05, 3.63) is 70.1 Å². The minimum Gasteiger partial charge on any atom is -0.453 e. The lowest BCUT2D eigenvalue weighted by molar-refractivity contribution is 0.101. The van der Waals surface area contributed by atoms with Gasteiger partial charge in [-0.3, -0.25) is 9.59 Å². The Labute approximate surface area is 204 Å². The molecule has 0 saturated heterocycles. The fourth-order valence-corrected chi connectivity index (χ4v) is 6.38. The number of methoxy groups -OCH3 is 1. The molecule has 0 saturated carbocycles. The summed E-state index contributed by atoms with van der Waals surface area (Å²) in [5, 5.41) is 4.61. The Morgan fingerprint density at radius 3 is 2.47 bits per heavy atom. The zero-order chi connectivity index (χ0) is 23.8. The molecule has 2 amide bonds. The van der Waals surface area contributed by atoms with Gasteiger partial charge >= 0.3 is 6.09 Å². The van der Waals surface area contributed by atoms with Gasteiger partial charge in [0.2, 0.25) is 0 Å². The lowest BCUT2D eigenvalue weighted by Gasteiger charge is -2.25. The predicted octanol–water partition coefficient (Wildman–Crippen LogP) is 5.60. The van der Waals surface area contributed by atoms with Crippen molar-refractivity contribution in [3.8, 4) is 10.6 Å². The van der Waals surface area contributed by atoms with Crippen LogP contribution in [0.25, 0.3) is 20.8 Å². The van der Waals surface area contributed by atoms with Crippen molar-refractivity contribution in [1.82, 2.24) is 9.88 Å². The Balaban J connectivity index is 1.54. The monoisotopic (exact) mass is 491 g/mol. The summed E-state index contributed by atoms with van der Waals surface area (Å²) in [5.74, 6) is -0.313. The van der Waals surface area contributed by atoms with E-state index >= 15 is 0 Å². The molecule has 7 nitrogen and oxygen atoms in total. The lowest BCUT2D eigenvalue weighted by Crippen LogP contribution is -2.35. The maximum atomic E-state index is 13.1. The first-order valence-corrected chi connectivity index (χ1v) is 12.3. The van der Waals surface area contributed by atoms with Gasteiger partial charge in [0.05, 0.1) is 23.9 Å². The van der Waals surface area contributed by atoms with Crippen LogP contribution in [-0.2, 0) is 17.7 Å². The molecule has 0 radical (unpaired) electrons. The van der Waals surface area contributed by atoms with Crippen LogP contribution in [0.3, 0.4) is 0 Å². The molecule has 172 valence electrons. The maximum absolute atomic E-state index is 13.1. The van der Waals surface area contributed by atoms with Crippen molar-refractivity contribution in [3.63, 3.8) is 0 Å². The third kappa shape index (κ3) is 4.08. The molecule has 0 aliphatic carbocycles. The summed E-state index contributed by atoms with van der Waals surface area (Å²) in [6.07, 6.45) is 0.284. The molecule has 9 heteroatoms. The number of fused-ring (bicyclic) bond motifs is 2. The molecule has 34 heavy (non-hydrogen) atoms. The van der Waals surface area contributed by atoms with Crippen LogP contribution in [0.5, 0.6) is 0 Å². The first-order valence-electron chi connectivity index (χ1n) is 10.7. The van der Waals surface area contributed by atoms with Gasteiger partial charge in [0.1, 0.15) is 10.0 Å². The van der Waals surface area contributed by atoms with Crippen molar-refractivity contribution < 1.29 is 19.1 Å². The zero-order valence-corrected chi connectivity index (χ0v) is 20.2. The molecule has 5 rings (SSSR count). The summed E-state index contributed by atoms with van der Waals surface area (Å²) < 4.78 is 5.97. The van der Waals surface area contributed by atoms with Gasteiger partial charge in [0.15, 0.2) is 5.78 Å². The molecule has 0 fully saturated rings. The molecule has 3 heterocycles. The third-order valence-corrected chi connectivity index (χ3v) is 7.96. The number of aromatic nitrogens is 1. The standard InChI is InChI=1S/C25H21N3O4S2/c1-14(29)15-7-9-16(10-8-15)22(30)27-24-21(23-26-18-5-3-4-6-19(18)33-23)17-11-12-28(25(31)32-2)13-20(17)34-24/h3-10H,11-13H2,1-2H3,(H,27,30). The zero-order valence-electron chi connectivity index (χ0n) is 18.6. The molecule has 0 spiro atoms. The van der Waals surface area contributed by atoms with Gasteiger partial charge in [0, 0.05) is 28.1 Å². The highest BCUT2D eigenvalue weighted by Gasteiger charge is 2.30. The molecule has 0 bridgehead atoms. The normalized spacial score (nSPS) is 12.9. The van der Waals surface area contributed by atoms with Crippen LogP contribution in [0.15, 0.2) is 48.5 Å². The number of Topliss-reactive ketones (excluding diaryl/α,β-unsaturated/α-hetero) is 1. The highest BCUT2D eigenvalue weighted by molar-refractivity contribution is 7.23. The van der Waals surface area contributed by atoms with E-state index in [0.717, 1.165) is 31.2 Å². The summed E-state index contributed by atoms with van der Waals surface area (Å²) in [6.45, 7) is 2.45. The van der Waals surface area contributed by atoms with Crippen molar-refractivity contribution in [2.75, 3.05) is 19.0 Å². The number of anilines is 1. The molecule has 0 atom stereocenters. The number of amides is 2. The van der Waals surface area contributed by atoms with E-state index in [1.807, 2.05) is 24.3 Å². The summed E-state index contributed by atoms with van der Waals surface area (Å²) in [4.78, 5) is 44.3. The number of thiazole rings is 1. The molecule has 1 N–H and O–H groups in total. The maximum Gasteiger partial charge on any atom is 0.409 e. The van der Waals surface area contributed by atoms with Crippen molar-refractivity contribution in [1.29, 1.82) is 0 Å². The van der Waals surface area contributed by atoms with Gasteiger partial charge in [-0.15, -0.1) is 22.7 Å². The predicted molar refractivity (Wildman–Crippen MR) is 134 cm³/mol. The van der Waals surface area contributed by atoms with E-state index in [2.05, 4.69) is 5.32 Å². The molecule has 1 aliphatic rings. The Morgan fingerprint density at radius 1 is 1.03 bits per heavy atom. The van der Waals surface area contributed by atoms with E-state index in [4.69, 9.17) is 9.72 Å². The van der Waals surface area contributed by atoms with Gasteiger partial charge in [0.25, 0.3) is 5.91 Å². The van der Waals surface area contributed by atoms with Gasteiger partial charge < -0.3 is 15.0 Å². The summed E-state index contributed by atoms with van der Waals surface area (Å²) in [7, 11) is 1.38. The van der Waals surface area contributed by atoms with Crippen LogP contribution < -0.4 is 5.32 Å². The van der Waals surface area contributed by atoms with Crippen LogP contribution in [0.2, 0.25) is 0 Å². The Kier molecular flexibility index (Phi) is 5.89. The van der Waals surface area contributed by atoms with Gasteiger partial charge in [-0.2, -0.15) is 0 Å². The molecule has 2 aromatic carbocycles. The number of hydrogen-bond acceptors (Lipinski definition) is 7. The van der Waals surface area contributed by atoms with E-state index in [1.165, 1.54) is 25.4 Å². The van der Waals surface area contributed by atoms with Crippen molar-refractivity contribution >= 4 is 55.7 Å². The van der Waals surface area contributed by atoms with Crippen LogP contribution in [-0.4, -0.2) is 41.3 Å². The van der Waals surface area contributed by atoms with Gasteiger partial charge in [-0.05, 0) is 43.2 Å². The van der Waals surface area contributed by atoms with Gasteiger partial charge in [-0.25, -0.2) is 9.78 Å². The Morgan fingerprint density at radius 2 is 1.76 bits per heavy atom. The largest absolute Gasteiger partial charge is 0.453 e. The summed E-state index contributed by atoms with van der Waals surface area (Å²) in [6, 6.07) is 14.5. The second-order valence-corrected chi connectivity index (χ2v) is 10.1. The number of ketones is 1. The SMILES string of the molecule is COC(=O)N1CCc2c(sc(NC(=O)c3ccc(C(C)=O)cc3)c2-c2nc3ccccc3s2)C1. The van der Waals surface area contributed by atoms with Crippen molar-refractivity contribution in [2.24, 2.45) is 0 Å².